The fraction of sp³-hybridized carbons (Fsp3) is 0.304. The van der Waals surface area contributed by atoms with Crippen molar-refractivity contribution in [3.63, 3.8) is 0 Å². The molecule has 1 fully saturated rings. The lowest BCUT2D eigenvalue weighted by atomic mass is 9.96. The predicted molar refractivity (Wildman–Crippen MR) is 109 cm³/mol. The third kappa shape index (κ3) is 3.89. The Morgan fingerprint density at radius 3 is 2.57 bits per heavy atom. The van der Waals surface area contributed by atoms with Gasteiger partial charge in [0.1, 0.15) is 12.4 Å². The van der Waals surface area contributed by atoms with Crippen LogP contribution in [0, 0.1) is 6.92 Å². The van der Waals surface area contributed by atoms with Crippen molar-refractivity contribution >= 4 is 10.9 Å². The molecule has 4 nitrogen and oxygen atoms in total. The Morgan fingerprint density at radius 1 is 1.13 bits per heavy atom. The van der Waals surface area contributed by atoms with Crippen LogP contribution in [0.5, 0.6) is 5.75 Å². The second kappa shape index (κ2) is 8.07. The van der Waals surface area contributed by atoms with Crippen LogP contribution in [0.15, 0.2) is 53.3 Å². The summed E-state index contributed by atoms with van der Waals surface area (Å²) in [7, 11) is 0. The van der Waals surface area contributed by atoms with Gasteiger partial charge in [-0.15, -0.1) is 0 Å². The largest absolute Gasteiger partial charge is 0.488 e. The van der Waals surface area contributed by atoms with Crippen molar-refractivity contribution in [3.05, 3.63) is 81.1 Å². The molecule has 0 amide bonds. The fourth-order valence-electron chi connectivity index (χ4n) is 3.94. The van der Waals surface area contributed by atoms with E-state index < -0.39 is 17.3 Å². The second-order valence-electron chi connectivity index (χ2n) is 7.41. The van der Waals surface area contributed by atoms with E-state index in [0.717, 1.165) is 18.1 Å². The van der Waals surface area contributed by atoms with Crippen LogP contribution in [-0.4, -0.2) is 11.5 Å². The van der Waals surface area contributed by atoms with Gasteiger partial charge in [0, 0.05) is 17.0 Å². The topological polar surface area (TPSA) is 51.2 Å². The van der Waals surface area contributed by atoms with E-state index in [4.69, 9.17) is 4.74 Å². The van der Waals surface area contributed by atoms with Crippen LogP contribution in [0.4, 0.5) is 13.2 Å². The highest BCUT2D eigenvalue weighted by Gasteiger charge is 2.36. The van der Waals surface area contributed by atoms with Gasteiger partial charge in [-0.25, -0.2) is 4.98 Å². The molecule has 7 heteroatoms. The minimum Gasteiger partial charge on any atom is -0.488 e. The Balaban J connectivity index is 2.02. The Labute approximate surface area is 171 Å². The van der Waals surface area contributed by atoms with Gasteiger partial charge >= 0.3 is 6.18 Å². The van der Waals surface area contributed by atoms with Crippen molar-refractivity contribution in [1.29, 1.82) is 0 Å². The Kier molecular flexibility index (Phi) is 5.47. The molecular formula is C23H21F3N2O2. The first kappa shape index (κ1) is 20.3. The molecule has 156 valence electrons. The third-order valence-corrected chi connectivity index (χ3v) is 5.38. The highest BCUT2D eigenvalue weighted by atomic mass is 19.4. The summed E-state index contributed by atoms with van der Waals surface area (Å²) in [6, 6.07) is 12.7. The summed E-state index contributed by atoms with van der Waals surface area (Å²) in [5, 5.41) is 3.19. The van der Waals surface area contributed by atoms with E-state index in [1.807, 2.05) is 30.3 Å². The number of nitrogens with one attached hydrogen (secondary N) is 1. The van der Waals surface area contributed by atoms with Crippen LogP contribution in [0.1, 0.15) is 41.1 Å². The van der Waals surface area contributed by atoms with Gasteiger partial charge in [-0.2, -0.15) is 13.2 Å². The lowest BCUT2D eigenvalue weighted by Gasteiger charge is -2.20. The van der Waals surface area contributed by atoms with E-state index in [0.29, 0.717) is 18.5 Å². The molecule has 0 bridgehead atoms. The molecule has 1 unspecified atom stereocenters. The normalized spacial score (nSPS) is 16.7. The summed E-state index contributed by atoms with van der Waals surface area (Å²) < 4.78 is 47.8. The SMILES string of the molecule is Cc1c(OCc2ccccc2)c(C2CCCN2)c2c(C(F)(F)F)cccc2nc1=O. The van der Waals surface area contributed by atoms with Gasteiger partial charge in [-0.3, -0.25) is 4.79 Å². The van der Waals surface area contributed by atoms with Crippen LogP contribution in [0.25, 0.3) is 10.9 Å². The zero-order valence-corrected chi connectivity index (χ0v) is 16.4. The van der Waals surface area contributed by atoms with Gasteiger partial charge in [0.2, 0.25) is 0 Å². The monoisotopic (exact) mass is 414 g/mol. The zero-order valence-electron chi connectivity index (χ0n) is 16.4. The number of aromatic nitrogens is 1. The molecule has 0 radical (unpaired) electrons. The van der Waals surface area contributed by atoms with E-state index in [1.165, 1.54) is 12.1 Å². The average molecular weight is 414 g/mol. The summed E-state index contributed by atoms with van der Waals surface area (Å²) in [5.41, 5.74) is 0.0467. The Hall–Kier alpha value is -2.93. The molecule has 2 heterocycles. The molecule has 0 saturated carbocycles. The summed E-state index contributed by atoms with van der Waals surface area (Å²) in [6.07, 6.45) is -3.11. The van der Waals surface area contributed by atoms with Crippen molar-refractivity contribution in [1.82, 2.24) is 10.3 Å². The molecule has 1 aliphatic heterocycles. The van der Waals surface area contributed by atoms with Crippen molar-refractivity contribution in [2.45, 2.75) is 38.6 Å². The van der Waals surface area contributed by atoms with Crippen molar-refractivity contribution in [2.75, 3.05) is 6.54 Å². The molecule has 0 spiro atoms. The van der Waals surface area contributed by atoms with E-state index in [-0.39, 0.29) is 34.9 Å². The number of alkyl halides is 3. The van der Waals surface area contributed by atoms with Crippen molar-refractivity contribution in [3.8, 4) is 5.75 Å². The molecule has 1 N–H and O–H groups in total. The van der Waals surface area contributed by atoms with Crippen LogP contribution in [-0.2, 0) is 12.8 Å². The molecule has 1 aliphatic rings. The number of hydrogen-bond donors (Lipinski definition) is 1. The number of nitrogens with zero attached hydrogens (tertiary/aromatic N) is 1. The molecule has 1 saturated heterocycles. The van der Waals surface area contributed by atoms with E-state index >= 15 is 0 Å². The minimum atomic E-state index is -4.59. The van der Waals surface area contributed by atoms with Gasteiger partial charge in [0.15, 0.2) is 0 Å². The highest BCUT2D eigenvalue weighted by Crippen LogP contribution is 2.42. The maximum Gasteiger partial charge on any atom is 0.417 e. The van der Waals surface area contributed by atoms with Crippen molar-refractivity contribution in [2.24, 2.45) is 0 Å². The number of hydrogen-bond acceptors (Lipinski definition) is 4. The van der Waals surface area contributed by atoms with E-state index in [2.05, 4.69) is 10.3 Å². The molecule has 2 aromatic carbocycles. The van der Waals surface area contributed by atoms with Gasteiger partial charge in [-0.05, 0) is 44.0 Å². The summed E-state index contributed by atoms with van der Waals surface area (Å²) in [5.74, 6) is 0.183. The number of rotatable bonds is 4. The summed E-state index contributed by atoms with van der Waals surface area (Å²) >= 11 is 0. The van der Waals surface area contributed by atoms with Crippen LogP contribution >= 0.6 is 0 Å². The third-order valence-electron chi connectivity index (χ3n) is 5.38. The maximum absolute atomic E-state index is 13.9. The standard InChI is InChI=1S/C23H21F3N2O2/c1-14-21(30-13-15-7-3-2-4-8-15)20(17-11-6-12-27-17)19-16(23(24,25)26)9-5-10-18(19)28-22(14)29/h2-5,7-10,17,27H,6,11-13H2,1H3. The lowest BCUT2D eigenvalue weighted by molar-refractivity contribution is -0.136. The van der Waals surface area contributed by atoms with Gasteiger partial charge in [0.25, 0.3) is 5.56 Å². The maximum atomic E-state index is 13.9. The summed E-state index contributed by atoms with van der Waals surface area (Å²) in [6.45, 7) is 2.38. The van der Waals surface area contributed by atoms with Gasteiger partial charge in [0.05, 0.1) is 16.6 Å². The average Bonchev–Trinajstić information content (AvgIpc) is 3.22. The zero-order chi connectivity index (χ0) is 21.3. The van der Waals surface area contributed by atoms with Crippen LogP contribution in [0.2, 0.25) is 0 Å². The lowest BCUT2D eigenvalue weighted by Crippen LogP contribution is -2.16. The molecular weight excluding hydrogens is 393 g/mol. The molecule has 30 heavy (non-hydrogen) atoms. The molecule has 4 rings (SSSR count). The van der Waals surface area contributed by atoms with Gasteiger partial charge < -0.3 is 10.1 Å². The van der Waals surface area contributed by atoms with E-state index in [1.54, 1.807) is 6.92 Å². The Morgan fingerprint density at radius 2 is 1.90 bits per heavy atom. The molecule has 3 aromatic rings. The Bertz CT molecular complexity index is 1130. The second-order valence-corrected chi connectivity index (χ2v) is 7.41. The molecule has 0 aliphatic carbocycles. The smallest absolute Gasteiger partial charge is 0.417 e. The minimum absolute atomic E-state index is 0.0242. The predicted octanol–water partition coefficient (Wildman–Crippen LogP) is 4.93. The first-order chi connectivity index (χ1) is 14.4. The fourth-order valence-corrected chi connectivity index (χ4v) is 3.94. The molecule has 1 atom stereocenters. The first-order valence-corrected chi connectivity index (χ1v) is 9.81. The number of fused-ring (bicyclic) bond motifs is 1. The van der Waals surface area contributed by atoms with Crippen LogP contribution in [0.3, 0.4) is 0 Å². The number of halogens is 3. The number of benzene rings is 2. The quantitative estimate of drug-likeness (QED) is 0.658. The first-order valence-electron chi connectivity index (χ1n) is 9.81. The highest BCUT2D eigenvalue weighted by molar-refractivity contribution is 5.88. The number of ether oxygens (including phenoxy) is 1. The van der Waals surface area contributed by atoms with Gasteiger partial charge in [-0.1, -0.05) is 36.4 Å². The summed E-state index contributed by atoms with van der Waals surface area (Å²) in [4.78, 5) is 16.7. The van der Waals surface area contributed by atoms with Crippen LogP contribution < -0.4 is 15.6 Å². The van der Waals surface area contributed by atoms with E-state index in [9.17, 15) is 18.0 Å². The molecule has 1 aromatic heterocycles. The van der Waals surface area contributed by atoms with Crippen molar-refractivity contribution < 1.29 is 17.9 Å².